The Hall–Kier alpha value is -1.80. The number of nitrogens with one attached hydrogen (secondary N) is 1. The van der Waals surface area contributed by atoms with Gasteiger partial charge in [-0.15, -0.1) is 0 Å². The first-order valence-electron chi connectivity index (χ1n) is 4.09. The summed E-state index contributed by atoms with van der Waals surface area (Å²) in [5, 5.41) is 19.8. The van der Waals surface area contributed by atoms with Gasteiger partial charge >= 0.3 is 0 Å². The van der Waals surface area contributed by atoms with Crippen LogP contribution in [0, 0.1) is 11.3 Å². The highest BCUT2D eigenvalue weighted by molar-refractivity contribution is 5.91. The fraction of sp³-hybridized carbons (Fsp3) is 0.333. The molecule has 1 rings (SSSR count). The van der Waals surface area contributed by atoms with E-state index in [1.54, 1.807) is 13.0 Å². The Morgan fingerprint density at radius 1 is 1.79 bits per heavy atom. The lowest BCUT2D eigenvalue weighted by Crippen LogP contribution is -2.30. The smallest absolute Gasteiger partial charge is 0.287 e. The van der Waals surface area contributed by atoms with Crippen LogP contribution in [0.15, 0.2) is 16.5 Å². The van der Waals surface area contributed by atoms with Crippen molar-refractivity contribution in [1.82, 2.24) is 5.32 Å². The van der Waals surface area contributed by atoms with Crippen molar-refractivity contribution in [3.8, 4) is 6.07 Å². The Morgan fingerprint density at radius 2 is 2.50 bits per heavy atom. The number of rotatable bonds is 3. The molecule has 0 bridgehead atoms. The van der Waals surface area contributed by atoms with Crippen LogP contribution >= 0.6 is 0 Å². The molecule has 1 aromatic heterocycles. The summed E-state index contributed by atoms with van der Waals surface area (Å²) in [4.78, 5) is 11.3. The molecule has 0 aliphatic carbocycles. The van der Waals surface area contributed by atoms with Gasteiger partial charge in [-0.1, -0.05) is 0 Å². The summed E-state index contributed by atoms with van der Waals surface area (Å²) in [6.07, 6.45) is -0.607. The lowest BCUT2D eigenvalue weighted by atomic mass is 10.3. The summed E-state index contributed by atoms with van der Waals surface area (Å²) in [5.41, 5.74) is 0. The van der Waals surface area contributed by atoms with Crippen molar-refractivity contribution in [2.24, 2.45) is 0 Å². The second kappa shape index (κ2) is 4.44. The standard InChI is InChI=1S/C9H10N2O3/c1-6(12)5-11-9(13)8-3-2-7(4-10)14-8/h2-3,6,12H,5H2,1H3,(H,11,13)/t6-/m1/s1. The van der Waals surface area contributed by atoms with Gasteiger partial charge in [-0.2, -0.15) is 5.26 Å². The molecule has 0 saturated heterocycles. The minimum Gasteiger partial charge on any atom is -0.440 e. The number of carbonyl (C=O) groups is 1. The van der Waals surface area contributed by atoms with Crippen LogP contribution in [0.25, 0.3) is 0 Å². The number of nitrogens with zero attached hydrogens (tertiary/aromatic N) is 1. The van der Waals surface area contributed by atoms with Crippen LogP contribution in [0.3, 0.4) is 0 Å². The second-order valence-corrected chi connectivity index (χ2v) is 2.83. The molecule has 0 aromatic carbocycles. The third kappa shape index (κ3) is 2.61. The summed E-state index contributed by atoms with van der Waals surface area (Å²) in [5.74, 6) is -0.276. The first-order chi connectivity index (χ1) is 6.63. The van der Waals surface area contributed by atoms with E-state index in [9.17, 15) is 4.79 Å². The van der Waals surface area contributed by atoms with E-state index in [1.165, 1.54) is 12.1 Å². The number of carbonyl (C=O) groups excluding carboxylic acids is 1. The molecule has 0 aliphatic heterocycles. The quantitative estimate of drug-likeness (QED) is 0.722. The molecule has 0 unspecified atom stereocenters. The van der Waals surface area contributed by atoms with E-state index < -0.39 is 12.0 Å². The van der Waals surface area contributed by atoms with Gasteiger partial charge < -0.3 is 14.8 Å². The van der Waals surface area contributed by atoms with Crippen molar-refractivity contribution in [1.29, 1.82) is 5.26 Å². The molecule has 1 aromatic rings. The zero-order valence-electron chi connectivity index (χ0n) is 7.65. The Kier molecular flexibility index (Phi) is 3.26. The molecule has 74 valence electrons. The van der Waals surface area contributed by atoms with E-state index in [0.29, 0.717) is 0 Å². The van der Waals surface area contributed by atoms with E-state index in [0.717, 1.165) is 0 Å². The lowest BCUT2D eigenvalue weighted by molar-refractivity contribution is 0.0896. The number of hydrogen-bond donors (Lipinski definition) is 2. The highest BCUT2D eigenvalue weighted by Crippen LogP contribution is 2.05. The van der Waals surface area contributed by atoms with Crippen molar-refractivity contribution < 1.29 is 14.3 Å². The Morgan fingerprint density at radius 3 is 3.00 bits per heavy atom. The number of amides is 1. The van der Waals surface area contributed by atoms with Crippen LogP contribution in [0.4, 0.5) is 0 Å². The maximum absolute atomic E-state index is 11.3. The van der Waals surface area contributed by atoms with E-state index in [2.05, 4.69) is 5.32 Å². The number of hydrogen-bond acceptors (Lipinski definition) is 4. The predicted molar refractivity (Wildman–Crippen MR) is 47.4 cm³/mol. The van der Waals surface area contributed by atoms with Gasteiger partial charge in [-0.05, 0) is 19.1 Å². The topological polar surface area (TPSA) is 86.3 Å². The van der Waals surface area contributed by atoms with Crippen LogP contribution in [-0.4, -0.2) is 23.7 Å². The number of aliphatic hydroxyl groups is 1. The van der Waals surface area contributed by atoms with Crippen molar-refractivity contribution >= 4 is 5.91 Å². The van der Waals surface area contributed by atoms with Gasteiger partial charge in [0.1, 0.15) is 6.07 Å². The normalized spacial score (nSPS) is 11.8. The molecule has 1 amide bonds. The Balaban J connectivity index is 2.57. The minimum atomic E-state index is -0.607. The first-order valence-corrected chi connectivity index (χ1v) is 4.09. The molecule has 0 saturated carbocycles. The summed E-state index contributed by atoms with van der Waals surface area (Å²) in [6.45, 7) is 1.71. The second-order valence-electron chi connectivity index (χ2n) is 2.83. The summed E-state index contributed by atoms with van der Waals surface area (Å²) in [6, 6.07) is 4.60. The van der Waals surface area contributed by atoms with Gasteiger partial charge in [0.2, 0.25) is 5.76 Å². The zero-order valence-corrected chi connectivity index (χ0v) is 7.65. The van der Waals surface area contributed by atoms with E-state index in [1.807, 2.05) is 0 Å². The van der Waals surface area contributed by atoms with Crippen LogP contribution in [0.5, 0.6) is 0 Å². The molecule has 14 heavy (non-hydrogen) atoms. The van der Waals surface area contributed by atoms with Crippen molar-refractivity contribution in [2.75, 3.05) is 6.54 Å². The number of nitriles is 1. The zero-order chi connectivity index (χ0) is 10.6. The molecule has 5 heteroatoms. The molecule has 1 atom stereocenters. The van der Waals surface area contributed by atoms with E-state index >= 15 is 0 Å². The Bertz CT molecular complexity index is 362. The third-order valence-corrected chi connectivity index (χ3v) is 1.50. The molecule has 0 aliphatic rings. The third-order valence-electron chi connectivity index (χ3n) is 1.50. The summed E-state index contributed by atoms with van der Waals surface area (Å²) < 4.78 is 4.87. The predicted octanol–water partition coefficient (Wildman–Crippen LogP) is 0.262. The molecule has 1 heterocycles. The monoisotopic (exact) mass is 194 g/mol. The molecule has 5 nitrogen and oxygen atoms in total. The van der Waals surface area contributed by atoms with E-state index in [4.69, 9.17) is 14.8 Å². The Labute approximate surface area is 80.9 Å². The highest BCUT2D eigenvalue weighted by atomic mass is 16.3. The largest absolute Gasteiger partial charge is 0.440 e. The maximum atomic E-state index is 11.3. The van der Waals surface area contributed by atoms with Gasteiger partial charge in [-0.25, -0.2) is 0 Å². The molecule has 0 spiro atoms. The van der Waals surface area contributed by atoms with E-state index in [-0.39, 0.29) is 18.1 Å². The molecular weight excluding hydrogens is 184 g/mol. The first kappa shape index (κ1) is 10.3. The minimum absolute atomic E-state index is 0.0715. The van der Waals surface area contributed by atoms with Crippen molar-refractivity contribution in [3.63, 3.8) is 0 Å². The fourth-order valence-electron chi connectivity index (χ4n) is 0.848. The van der Waals surface area contributed by atoms with Crippen molar-refractivity contribution in [3.05, 3.63) is 23.7 Å². The van der Waals surface area contributed by atoms with Gasteiger partial charge in [0.15, 0.2) is 5.76 Å². The van der Waals surface area contributed by atoms with Gasteiger partial charge in [0.05, 0.1) is 6.10 Å². The van der Waals surface area contributed by atoms with Gasteiger partial charge in [0.25, 0.3) is 5.91 Å². The van der Waals surface area contributed by atoms with Crippen LogP contribution < -0.4 is 5.32 Å². The van der Waals surface area contributed by atoms with Gasteiger partial charge in [-0.3, -0.25) is 4.79 Å². The SMILES string of the molecule is C[C@@H](O)CNC(=O)c1ccc(C#N)o1. The average molecular weight is 194 g/mol. The van der Waals surface area contributed by atoms with Crippen LogP contribution in [-0.2, 0) is 0 Å². The van der Waals surface area contributed by atoms with Crippen LogP contribution in [0.1, 0.15) is 23.2 Å². The molecule has 0 fully saturated rings. The van der Waals surface area contributed by atoms with Crippen molar-refractivity contribution in [2.45, 2.75) is 13.0 Å². The molecule has 0 radical (unpaired) electrons. The number of aliphatic hydroxyl groups excluding tert-OH is 1. The van der Waals surface area contributed by atoms with Gasteiger partial charge in [0, 0.05) is 6.54 Å². The molecule has 2 N–H and O–H groups in total. The number of furan rings is 1. The fourth-order valence-corrected chi connectivity index (χ4v) is 0.848. The van der Waals surface area contributed by atoms with Crippen LogP contribution in [0.2, 0.25) is 0 Å². The lowest BCUT2D eigenvalue weighted by Gasteiger charge is -2.04. The maximum Gasteiger partial charge on any atom is 0.287 e. The highest BCUT2D eigenvalue weighted by Gasteiger charge is 2.10. The summed E-state index contributed by atoms with van der Waals surface area (Å²) in [7, 11) is 0. The summed E-state index contributed by atoms with van der Waals surface area (Å²) >= 11 is 0. The average Bonchev–Trinajstić information content (AvgIpc) is 2.62. The molecular formula is C9H10N2O3.